The van der Waals surface area contributed by atoms with Crippen molar-refractivity contribution >= 4 is 17.4 Å². The summed E-state index contributed by atoms with van der Waals surface area (Å²) < 4.78 is 5.52. The molecule has 0 aromatic heterocycles. The van der Waals surface area contributed by atoms with Gasteiger partial charge in [-0.2, -0.15) is 0 Å². The van der Waals surface area contributed by atoms with Crippen LogP contribution in [0, 0.1) is 0 Å². The van der Waals surface area contributed by atoms with E-state index < -0.39 is 0 Å². The van der Waals surface area contributed by atoms with E-state index in [1.54, 1.807) is 23.1 Å². The van der Waals surface area contributed by atoms with Gasteiger partial charge in [0.15, 0.2) is 12.4 Å². The van der Waals surface area contributed by atoms with Crippen molar-refractivity contribution in [3.8, 4) is 5.75 Å². The molecule has 25 heavy (non-hydrogen) atoms. The molecule has 2 aromatic rings. The normalized spacial score (nSPS) is 13.3. The molecule has 0 aliphatic carbocycles. The van der Waals surface area contributed by atoms with Crippen molar-refractivity contribution in [1.82, 2.24) is 0 Å². The van der Waals surface area contributed by atoms with Gasteiger partial charge < -0.3 is 9.64 Å². The van der Waals surface area contributed by atoms with E-state index in [1.807, 2.05) is 25.1 Å². The topological polar surface area (TPSA) is 46.6 Å². The van der Waals surface area contributed by atoms with Gasteiger partial charge in [-0.15, -0.1) is 0 Å². The third-order valence-electron chi connectivity index (χ3n) is 4.39. The number of ketones is 1. The van der Waals surface area contributed by atoms with Crippen molar-refractivity contribution < 1.29 is 14.3 Å². The van der Waals surface area contributed by atoms with Gasteiger partial charge in [0.25, 0.3) is 5.91 Å². The molecule has 1 aliphatic heterocycles. The average molecular weight is 337 g/mol. The fourth-order valence-corrected chi connectivity index (χ4v) is 3.08. The molecule has 4 nitrogen and oxygen atoms in total. The first-order valence-corrected chi connectivity index (χ1v) is 8.83. The maximum Gasteiger partial charge on any atom is 0.265 e. The van der Waals surface area contributed by atoms with Crippen LogP contribution in [0.25, 0.3) is 0 Å². The van der Waals surface area contributed by atoms with E-state index in [4.69, 9.17) is 4.74 Å². The molecule has 4 heteroatoms. The lowest BCUT2D eigenvalue weighted by Crippen LogP contribution is -2.39. The van der Waals surface area contributed by atoms with Gasteiger partial charge in [-0.25, -0.2) is 0 Å². The molecule has 2 aromatic carbocycles. The molecule has 0 saturated heterocycles. The molecule has 0 N–H and O–H groups in total. The van der Waals surface area contributed by atoms with Crippen LogP contribution in [-0.4, -0.2) is 24.8 Å². The Labute approximate surface area is 148 Å². The number of hydrogen-bond acceptors (Lipinski definition) is 3. The van der Waals surface area contributed by atoms with E-state index >= 15 is 0 Å². The van der Waals surface area contributed by atoms with E-state index in [0.29, 0.717) is 30.0 Å². The molecule has 0 fully saturated rings. The molecule has 0 saturated carbocycles. The second-order valence-electron chi connectivity index (χ2n) is 6.28. The fourth-order valence-electron chi connectivity index (χ4n) is 3.08. The first-order chi connectivity index (χ1) is 12.2. The first kappa shape index (κ1) is 17.2. The first-order valence-electron chi connectivity index (χ1n) is 8.83. The van der Waals surface area contributed by atoms with E-state index in [0.717, 1.165) is 19.3 Å². The van der Waals surface area contributed by atoms with Gasteiger partial charge in [0.1, 0.15) is 5.75 Å². The maximum absolute atomic E-state index is 12.3. The molecule has 0 spiro atoms. The average Bonchev–Trinajstić information content (AvgIpc) is 2.64. The molecule has 1 amide bonds. The molecular formula is C21H23NO3. The summed E-state index contributed by atoms with van der Waals surface area (Å²) >= 11 is 0. The summed E-state index contributed by atoms with van der Waals surface area (Å²) in [7, 11) is 0. The van der Waals surface area contributed by atoms with Crippen LogP contribution < -0.4 is 9.64 Å². The second-order valence-corrected chi connectivity index (χ2v) is 6.28. The Kier molecular flexibility index (Phi) is 5.49. The summed E-state index contributed by atoms with van der Waals surface area (Å²) in [5.41, 5.74) is 2.62. The second kappa shape index (κ2) is 7.97. The zero-order valence-corrected chi connectivity index (χ0v) is 14.5. The number of carbonyl (C=O) groups excluding carboxylic acids is 2. The highest BCUT2D eigenvalue weighted by Crippen LogP contribution is 2.33. The Balaban J connectivity index is 1.74. The predicted octanol–water partition coefficient (Wildman–Crippen LogP) is 4.03. The highest BCUT2D eigenvalue weighted by atomic mass is 16.5. The number of nitrogens with zero attached hydrogens (tertiary/aromatic N) is 1. The van der Waals surface area contributed by atoms with E-state index in [-0.39, 0.29) is 18.3 Å². The number of aryl methyl sites for hydroxylation is 1. The van der Waals surface area contributed by atoms with E-state index in [9.17, 15) is 9.59 Å². The number of rotatable bonds is 7. The van der Waals surface area contributed by atoms with Gasteiger partial charge >= 0.3 is 0 Å². The van der Waals surface area contributed by atoms with Gasteiger partial charge in [0.05, 0.1) is 5.69 Å². The summed E-state index contributed by atoms with van der Waals surface area (Å²) in [6.07, 6.45) is 3.10. The molecule has 1 aliphatic rings. The van der Waals surface area contributed by atoms with Crippen LogP contribution in [0.4, 0.5) is 5.69 Å². The molecule has 0 bridgehead atoms. The SMILES string of the molecule is CCCC(=O)c1ccc2c(c1)N(CCCc1ccccc1)C(=O)CO2. The van der Waals surface area contributed by atoms with Crippen molar-refractivity contribution in [3.63, 3.8) is 0 Å². The van der Waals surface area contributed by atoms with Crippen LogP contribution >= 0.6 is 0 Å². The third kappa shape index (κ3) is 4.08. The number of anilines is 1. The molecular weight excluding hydrogens is 314 g/mol. The lowest BCUT2D eigenvalue weighted by atomic mass is 10.0. The number of ether oxygens (including phenoxy) is 1. The van der Waals surface area contributed by atoms with E-state index in [1.165, 1.54) is 5.56 Å². The lowest BCUT2D eigenvalue weighted by Gasteiger charge is -2.29. The van der Waals surface area contributed by atoms with Gasteiger partial charge in [-0.05, 0) is 43.0 Å². The quantitative estimate of drug-likeness (QED) is 0.717. The van der Waals surface area contributed by atoms with Crippen molar-refractivity contribution in [1.29, 1.82) is 0 Å². The highest BCUT2D eigenvalue weighted by molar-refractivity contribution is 6.01. The van der Waals surface area contributed by atoms with Crippen molar-refractivity contribution in [2.24, 2.45) is 0 Å². The zero-order valence-electron chi connectivity index (χ0n) is 14.5. The number of benzene rings is 2. The van der Waals surface area contributed by atoms with Crippen LogP contribution in [-0.2, 0) is 11.2 Å². The summed E-state index contributed by atoms with van der Waals surface area (Å²) in [6, 6.07) is 15.6. The van der Waals surface area contributed by atoms with Crippen LogP contribution in [0.5, 0.6) is 5.75 Å². The highest BCUT2D eigenvalue weighted by Gasteiger charge is 2.26. The summed E-state index contributed by atoms with van der Waals surface area (Å²) in [5, 5.41) is 0. The standard InChI is InChI=1S/C21H23NO3/c1-2-7-19(23)17-11-12-20-18(14-17)22(21(24)15-25-20)13-6-10-16-8-4-3-5-9-16/h3-5,8-9,11-12,14H,2,6-7,10,13,15H2,1H3. The minimum absolute atomic E-state index is 0.0550. The Bertz CT molecular complexity index is 755. The number of Topliss-reactive ketones (excluding diaryl/α,β-unsaturated/α-hetero) is 1. The molecule has 0 radical (unpaired) electrons. The van der Waals surface area contributed by atoms with Crippen molar-refractivity contribution in [2.75, 3.05) is 18.1 Å². The van der Waals surface area contributed by atoms with Crippen LogP contribution in [0.3, 0.4) is 0 Å². The molecule has 0 unspecified atom stereocenters. The molecule has 1 heterocycles. The molecule has 3 rings (SSSR count). The van der Waals surface area contributed by atoms with E-state index in [2.05, 4.69) is 12.1 Å². The summed E-state index contributed by atoms with van der Waals surface area (Å²) in [4.78, 5) is 26.3. The Morgan fingerprint density at radius 1 is 1.16 bits per heavy atom. The predicted molar refractivity (Wildman–Crippen MR) is 98.3 cm³/mol. The lowest BCUT2D eigenvalue weighted by molar-refractivity contribution is -0.121. The maximum atomic E-state index is 12.3. The Hall–Kier alpha value is -2.62. The smallest absolute Gasteiger partial charge is 0.265 e. The van der Waals surface area contributed by atoms with Crippen LogP contribution in [0.2, 0.25) is 0 Å². The molecule has 0 atom stereocenters. The minimum Gasteiger partial charge on any atom is -0.482 e. The van der Waals surface area contributed by atoms with Crippen LogP contribution in [0.1, 0.15) is 42.1 Å². The monoisotopic (exact) mass is 337 g/mol. The fraction of sp³-hybridized carbons (Fsp3) is 0.333. The van der Waals surface area contributed by atoms with Crippen molar-refractivity contribution in [3.05, 3.63) is 59.7 Å². The minimum atomic E-state index is -0.0550. The van der Waals surface area contributed by atoms with Gasteiger partial charge in [-0.3, -0.25) is 9.59 Å². The number of hydrogen-bond donors (Lipinski definition) is 0. The third-order valence-corrected chi connectivity index (χ3v) is 4.39. The zero-order chi connectivity index (χ0) is 17.6. The summed E-state index contributed by atoms with van der Waals surface area (Å²) in [5.74, 6) is 0.723. The largest absolute Gasteiger partial charge is 0.482 e. The summed E-state index contributed by atoms with van der Waals surface area (Å²) in [6.45, 7) is 2.66. The van der Waals surface area contributed by atoms with Gasteiger partial charge in [0, 0.05) is 18.5 Å². The van der Waals surface area contributed by atoms with Crippen molar-refractivity contribution in [2.45, 2.75) is 32.6 Å². The number of carbonyl (C=O) groups is 2. The number of fused-ring (bicyclic) bond motifs is 1. The van der Waals surface area contributed by atoms with Gasteiger partial charge in [-0.1, -0.05) is 37.3 Å². The Morgan fingerprint density at radius 3 is 2.72 bits per heavy atom. The van der Waals surface area contributed by atoms with Gasteiger partial charge in [0.2, 0.25) is 0 Å². The number of amides is 1. The molecule has 130 valence electrons. The van der Waals surface area contributed by atoms with Crippen LogP contribution in [0.15, 0.2) is 48.5 Å². The Morgan fingerprint density at radius 2 is 1.96 bits per heavy atom.